The van der Waals surface area contributed by atoms with Crippen molar-refractivity contribution < 1.29 is 4.79 Å². The van der Waals surface area contributed by atoms with Crippen molar-refractivity contribution in [1.82, 2.24) is 24.4 Å². The van der Waals surface area contributed by atoms with Crippen LogP contribution < -0.4 is 0 Å². The molecule has 6 nitrogen and oxygen atoms in total. The summed E-state index contributed by atoms with van der Waals surface area (Å²) in [4.78, 5) is 28.7. The molecule has 2 aliphatic rings. The molecule has 1 aliphatic carbocycles. The summed E-state index contributed by atoms with van der Waals surface area (Å²) in [5, 5.41) is 0. The first-order chi connectivity index (χ1) is 13.1. The third-order valence-corrected chi connectivity index (χ3v) is 5.93. The van der Waals surface area contributed by atoms with Gasteiger partial charge >= 0.3 is 0 Å². The molecule has 1 unspecified atom stereocenters. The first-order valence-electron chi connectivity index (χ1n) is 10.3. The molecule has 1 aliphatic heterocycles. The SMILES string of the molecule is CC(C)c1nccn1-c1cncc(C2CCCN(C(=O)C3CCCC3)C2)n1. The van der Waals surface area contributed by atoms with Gasteiger partial charge in [0.2, 0.25) is 5.91 Å². The summed E-state index contributed by atoms with van der Waals surface area (Å²) < 4.78 is 2.02. The summed E-state index contributed by atoms with van der Waals surface area (Å²) in [5.74, 6) is 3.00. The van der Waals surface area contributed by atoms with Crippen molar-refractivity contribution in [2.24, 2.45) is 5.92 Å². The summed E-state index contributed by atoms with van der Waals surface area (Å²) in [7, 11) is 0. The number of nitrogens with zero attached hydrogens (tertiary/aromatic N) is 5. The van der Waals surface area contributed by atoms with E-state index in [2.05, 4.69) is 28.7 Å². The second-order valence-electron chi connectivity index (χ2n) is 8.22. The van der Waals surface area contributed by atoms with Crippen LogP contribution in [-0.4, -0.2) is 43.4 Å². The number of rotatable bonds is 4. The fourth-order valence-electron chi connectivity index (χ4n) is 4.47. The molecule has 0 aromatic carbocycles. The minimum Gasteiger partial charge on any atom is -0.342 e. The predicted octanol–water partition coefficient (Wildman–Crippen LogP) is 3.68. The molecule has 2 fully saturated rings. The lowest BCUT2D eigenvalue weighted by Gasteiger charge is -2.34. The Morgan fingerprint density at radius 1 is 1.15 bits per heavy atom. The lowest BCUT2D eigenvalue weighted by Crippen LogP contribution is -2.42. The van der Waals surface area contributed by atoms with Crippen molar-refractivity contribution in [2.75, 3.05) is 13.1 Å². The Bertz CT molecular complexity index is 793. The zero-order chi connectivity index (χ0) is 18.8. The van der Waals surface area contributed by atoms with Gasteiger partial charge in [-0.25, -0.2) is 9.97 Å². The van der Waals surface area contributed by atoms with E-state index < -0.39 is 0 Å². The molecule has 1 atom stereocenters. The maximum absolute atomic E-state index is 12.8. The molecule has 0 radical (unpaired) electrons. The van der Waals surface area contributed by atoms with Gasteiger partial charge in [0.15, 0.2) is 5.82 Å². The molecule has 0 bridgehead atoms. The smallest absolute Gasteiger partial charge is 0.225 e. The number of amides is 1. The Labute approximate surface area is 161 Å². The van der Waals surface area contributed by atoms with Crippen LogP contribution in [0.5, 0.6) is 0 Å². The van der Waals surface area contributed by atoms with Crippen LogP contribution in [0.3, 0.4) is 0 Å². The van der Waals surface area contributed by atoms with Gasteiger partial charge in [-0.05, 0) is 25.7 Å². The Hall–Kier alpha value is -2.24. The Balaban J connectivity index is 1.53. The summed E-state index contributed by atoms with van der Waals surface area (Å²) >= 11 is 0. The molecule has 2 aromatic heterocycles. The largest absolute Gasteiger partial charge is 0.342 e. The molecule has 6 heteroatoms. The highest BCUT2D eigenvalue weighted by molar-refractivity contribution is 5.79. The van der Waals surface area contributed by atoms with E-state index in [0.717, 1.165) is 56.1 Å². The van der Waals surface area contributed by atoms with Crippen LogP contribution in [0.2, 0.25) is 0 Å². The molecule has 1 amide bonds. The zero-order valence-corrected chi connectivity index (χ0v) is 16.3. The molecule has 3 heterocycles. The number of hydrogen-bond acceptors (Lipinski definition) is 4. The highest BCUT2D eigenvalue weighted by atomic mass is 16.2. The number of imidazole rings is 1. The molecule has 2 aromatic rings. The fraction of sp³-hybridized carbons (Fsp3) is 0.619. The van der Waals surface area contributed by atoms with Crippen molar-refractivity contribution in [2.45, 2.75) is 64.2 Å². The third-order valence-electron chi connectivity index (χ3n) is 5.93. The third kappa shape index (κ3) is 3.75. The number of likely N-dealkylation sites (tertiary alicyclic amines) is 1. The van der Waals surface area contributed by atoms with E-state index in [4.69, 9.17) is 4.98 Å². The zero-order valence-electron chi connectivity index (χ0n) is 16.3. The van der Waals surface area contributed by atoms with Gasteiger partial charge in [0.05, 0.1) is 11.9 Å². The molecule has 4 rings (SSSR count). The van der Waals surface area contributed by atoms with E-state index in [9.17, 15) is 4.79 Å². The number of carbonyl (C=O) groups excluding carboxylic acids is 1. The van der Waals surface area contributed by atoms with Crippen molar-refractivity contribution in [3.05, 3.63) is 36.3 Å². The monoisotopic (exact) mass is 367 g/mol. The minimum absolute atomic E-state index is 0.251. The fourth-order valence-corrected chi connectivity index (χ4v) is 4.47. The minimum atomic E-state index is 0.251. The summed E-state index contributed by atoms with van der Waals surface area (Å²) in [6.45, 7) is 5.92. The van der Waals surface area contributed by atoms with E-state index in [0.29, 0.717) is 11.8 Å². The second kappa shape index (κ2) is 7.79. The van der Waals surface area contributed by atoms with Crippen molar-refractivity contribution in [3.63, 3.8) is 0 Å². The first kappa shape index (κ1) is 18.1. The standard InChI is InChI=1S/C21H29N5O/c1-15(2)20-23-9-11-26(20)19-13-22-12-18(24-19)17-8-5-10-25(14-17)21(27)16-6-3-4-7-16/h9,11-13,15-17H,3-8,10,14H2,1-2H3. The van der Waals surface area contributed by atoms with Gasteiger partial charge in [-0.15, -0.1) is 0 Å². The van der Waals surface area contributed by atoms with Crippen LogP contribution in [0.4, 0.5) is 0 Å². The lowest BCUT2D eigenvalue weighted by atomic mass is 9.93. The molecule has 1 saturated carbocycles. The number of piperidine rings is 1. The van der Waals surface area contributed by atoms with Gasteiger partial charge in [-0.2, -0.15) is 0 Å². The second-order valence-corrected chi connectivity index (χ2v) is 8.22. The lowest BCUT2D eigenvalue weighted by molar-refractivity contribution is -0.136. The van der Waals surface area contributed by atoms with Crippen LogP contribution in [0.25, 0.3) is 5.82 Å². The molecule has 0 N–H and O–H groups in total. The van der Waals surface area contributed by atoms with Crippen LogP contribution >= 0.6 is 0 Å². The van der Waals surface area contributed by atoms with E-state index in [1.54, 1.807) is 6.20 Å². The summed E-state index contributed by atoms with van der Waals surface area (Å²) in [6.07, 6.45) is 14.0. The van der Waals surface area contributed by atoms with Crippen molar-refractivity contribution in [1.29, 1.82) is 0 Å². The van der Waals surface area contributed by atoms with Crippen LogP contribution in [0, 0.1) is 5.92 Å². The van der Waals surface area contributed by atoms with E-state index >= 15 is 0 Å². The Morgan fingerprint density at radius 2 is 1.96 bits per heavy atom. The number of hydrogen-bond donors (Lipinski definition) is 0. The van der Waals surface area contributed by atoms with Gasteiger partial charge in [-0.1, -0.05) is 26.7 Å². The van der Waals surface area contributed by atoms with Gasteiger partial charge in [0.25, 0.3) is 0 Å². The number of aromatic nitrogens is 4. The van der Waals surface area contributed by atoms with E-state index in [1.165, 1.54) is 12.8 Å². The molecule has 1 saturated heterocycles. The Morgan fingerprint density at radius 3 is 2.74 bits per heavy atom. The quantitative estimate of drug-likeness (QED) is 0.827. The first-order valence-corrected chi connectivity index (χ1v) is 10.3. The van der Waals surface area contributed by atoms with E-state index in [1.807, 2.05) is 23.2 Å². The molecular weight excluding hydrogens is 338 g/mol. The number of carbonyl (C=O) groups is 1. The summed E-state index contributed by atoms with van der Waals surface area (Å²) in [5.41, 5.74) is 0.986. The summed E-state index contributed by atoms with van der Waals surface area (Å²) in [6, 6.07) is 0. The van der Waals surface area contributed by atoms with E-state index in [-0.39, 0.29) is 11.8 Å². The molecule has 27 heavy (non-hydrogen) atoms. The van der Waals surface area contributed by atoms with Crippen LogP contribution in [0.15, 0.2) is 24.8 Å². The average molecular weight is 367 g/mol. The van der Waals surface area contributed by atoms with Gasteiger partial charge in [0, 0.05) is 49.4 Å². The highest BCUT2D eigenvalue weighted by Crippen LogP contribution is 2.31. The van der Waals surface area contributed by atoms with Crippen LogP contribution in [-0.2, 0) is 4.79 Å². The van der Waals surface area contributed by atoms with Crippen molar-refractivity contribution >= 4 is 5.91 Å². The van der Waals surface area contributed by atoms with Gasteiger partial charge in [-0.3, -0.25) is 14.3 Å². The maximum Gasteiger partial charge on any atom is 0.225 e. The highest BCUT2D eigenvalue weighted by Gasteiger charge is 2.31. The molecule has 0 spiro atoms. The van der Waals surface area contributed by atoms with Gasteiger partial charge in [0.1, 0.15) is 5.82 Å². The topological polar surface area (TPSA) is 63.9 Å². The predicted molar refractivity (Wildman–Crippen MR) is 104 cm³/mol. The normalized spacial score (nSPS) is 21.1. The average Bonchev–Trinajstić information content (AvgIpc) is 3.39. The van der Waals surface area contributed by atoms with Crippen LogP contribution in [0.1, 0.15) is 75.7 Å². The van der Waals surface area contributed by atoms with Crippen molar-refractivity contribution in [3.8, 4) is 5.82 Å². The molecule has 144 valence electrons. The molecular formula is C21H29N5O. The van der Waals surface area contributed by atoms with Gasteiger partial charge < -0.3 is 4.90 Å². The Kier molecular flexibility index (Phi) is 5.23. The maximum atomic E-state index is 12.8.